The van der Waals surface area contributed by atoms with Crippen LogP contribution in [-0.4, -0.2) is 37.0 Å². The van der Waals surface area contributed by atoms with E-state index in [0.717, 1.165) is 50.3 Å². The third kappa shape index (κ3) is 2.47. The Morgan fingerprint density at radius 2 is 1.90 bits per heavy atom. The van der Waals surface area contributed by atoms with E-state index in [4.69, 9.17) is 5.73 Å². The number of hydrogen-bond acceptors (Lipinski definition) is 3. The Hall–Kier alpha value is -1.71. The van der Waals surface area contributed by atoms with Crippen molar-refractivity contribution in [3.05, 3.63) is 23.8 Å². The molecule has 4 nitrogen and oxygen atoms in total. The van der Waals surface area contributed by atoms with Gasteiger partial charge in [0.2, 0.25) is 5.91 Å². The molecule has 0 atom stereocenters. The predicted octanol–water partition coefficient (Wildman–Crippen LogP) is 2.03. The van der Waals surface area contributed by atoms with E-state index in [2.05, 4.69) is 17.0 Å². The van der Waals surface area contributed by atoms with Crippen LogP contribution in [0.3, 0.4) is 0 Å². The number of nitrogens with zero attached hydrogens (tertiary/aromatic N) is 2. The van der Waals surface area contributed by atoms with Crippen LogP contribution in [0.2, 0.25) is 0 Å². The van der Waals surface area contributed by atoms with Crippen molar-refractivity contribution in [2.75, 3.05) is 36.8 Å². The maximum Gasteiger partial charge on any atom is 0.225 e. The first-order valence-corrected chi connectivity index (χ1v) is 7.55. The van der Waals surface area contributed by atoms with Crippen molar-refractivity contribution >= 4 is 17.3 Å². The number of piperazine rings is 1. The zero-order chi connectivity index (χ0) is 14.1. The van der Waals surface area contributed by atoms with Gasteiger partial charge in [-0.15, -0.1) is 0 Å². The van der Waals surface area contributed by atoms with Gasteiger partial charge in [-0.1, -0.05) is 12.5 Å². The lowest BCUT2D eigenvalue weighted by atomic mass is 9.84. The van der Waals surface area contributed by atoms with Gasteiger partial charge < -0.3 is 15.5 Å². The number of benzene rings is 1. The molecule has 2 N–H and O–H groups in total. The summed E-state index contributed by atoms with van der Waals surface area (Å²) in [5.74, 6) is 0.691. The summed E-state index contributed by atoms with van der Waals surface area (Å²) in [6.45, 7) is 5.50. The van der Waals surface area contributed by atoms with Gasteiger partial charge in [-0.2, -0.15) is 0 Å². The molecule has 1 saturated heterocycles. The van der Waals surface area contributed by atoms with Crippen molar-refractivity contribution in [3.8, 4) is 0 Å². The lowest BCUT2D eigenvalue weighted by molar-refractivity contribution is -0.138. The van der Waals surface area contributed by atoms with E-state index < -0.39 is 0 Å². The highest BCUT2D eigenvalue weighted by Crippen LogP contribution is 2.29. The molecule has 4 heteroatoms. The van der Waals surface area contributed by atoms with Gasteiger partial charge in [-0.25, -0.2) is 0 Å². The van der Waals surface area contributed by atoms with E-state index in [1.54, 1.807) is 0 Å². The third-order valence-electron chi connectivity index (χ3n) is 4.67. The predicted molar refractivity (Wildman–Crippen MR) is 81.7 cm³/mol. The number of nitrogens with two attached hydrogens (primary N) is 1. The maximum absolute atomic E-state index is 12.2. The SMILES string of the molecule is Cc1ccc(N2CCN(C(=O)C3CCC3)CC2)cc1N. The molecule has 1 heterocycles. The van der Waals surface area contributed by atoms with Gasteiger partial charge in [-0.3, -0.25) is 4.79 Å². The fourth-order valence-electron chi connectivity index (χ4n) is 2.92. The molecule has 1 saturated carbocycles. The van der Waals surface area contributed by atoms with Crippen LogP contribution in [0.5, 0.6) is 0 Å². The van der Waals surface area contributed by atoms with Crippen molar-refractivity contribution in [2.45, 2.75) is 26.2 Å². The molecule has 2 aliphatic rings. The molecular weight excluding hydrogens is 250 g/mol. The van der Waals surface area contributed by atoms with Crippen molar-refractivity contribution in [2.24, 2.45) is 5.92 Å². The Bertz CT molecular complexity index is 502. The Labute approximate surface area is 120 Å². The van der Waals surface area contributed by atoms with Crippen LogP contribution in [0.15, 0.2) is 18.2 Å². The summed E-state index contributed by atoms with van der Waals surface area (Å²) < 4.78 is 0. The number of anilines is 2. The molecule has 0 spiro atoms. The lowest BCUT2D eigenvalue weighted by Gasteiger charge is -2.39. The Balaban J connectivity index is 1.60. The summed E-state index contributed by atoms with van der Waals surface area (Å²) in [5, 5.41) is 0. The highest BCUT2D eigenvalue weighted by Gasteiger charge is 2.31. The van der Waals surface area contributed by atoms with Crippen LogP contribution in [0.25, 0.3) is 0 Å². The minimum atomic E-state index is 0.316. The molecule has 0 unspecified atom stereocenters. The molecule has 1 aromatic rings. The van der Waals surface area contributed by atoms with Crippen molar-refractivity contribution < 1.29 is 4.79 Å². The minimum absolute atomic E-state index is 0.316. The second kappa shape index (κ2) is 5.35. The van der Waals surface area contributed by atoms with Gasteiger partial charge in [-0.05, 0) is 37.5 Å². The van der Waals surface area contributed by atoms with E-state index in [0.29, 0.717) is 11.8 Å². The second-order valence-corrected chi connectivity index (χ2v) is 5.98. The van der Waals surface area contributed by atoms with Gasteiger partial charge in [0.15, 0.2) is 0 Å². The summed E-state index contributed by atoms with van der Waals surface area (Å²) in [6, 6.07) is 6.23. The molecule has 1 amide bonds. The molecule has 1 aliphatic carbocycles. The van der Waals surface area contributed by atoms with Crippen LogP contribution in [0.1, 0.15) is 24.8 Å². The summed E-state index contributed by atoms with van der Waals surface area (Å²) in [7, 11) is 0. The van der Waals surface area contributed by atoms with E-state index in [-0.39, 0.29) is 0 Å². The standard InChI is InChI=1S/C16H23N3O/c1-12-5-6-14(11-15(12)17)18-7-9-19(10-8-18)16(20)13-3-2-4-13/h5-6,11,13H,2-4,7-10,17H2,1H3. The largest absolute Gasteiger partial charge is 0.398 e. The number of hydrogen-bond donors (Lipinski definition) is 1. The highest BCUT2D eigenvalue weighted by atomic mass is 16.2. The number of carbonyl (C=O) groups is 1. The monoisotopic (exact) mass is 273 g/mol. The van der Waals surface area contributed by atoms with Gasteiger partial charge in [0, 0.05) is 43.5 Å². The van der Waals surface area contributed by atoms with Crippen molar-refractivity contribution in [3.63, 3.8) is 0 Å². The molecule has 0 radical (unpaired) electrons. The van der Waals surface area contributed by atoms with Crippen LogP contribution in [-0.2, 0) is 4.79 Å². The van der Waals surface area contributed by atoms with E-state index >= 15 is 0 Å². The maximum atomic E-state index is 12.2. The summed E-state index contributed by atoms with van der Waals surface area (Å²) in [5.41, 5.74) is 9.11. The Kier molecular flexibility index (Phi) is 3.55. The summed E-state index contributed by atoms with van der Waals surface area (Å²) >= 11 is 0. The first-order valence-electron chi connectivity index (χ1n) is 7.55. The molecular formula is C16H23N3O. The fraction of sp³-hybridized carbons (Fsp3) is 0.562. The van der Waals surface area contributed by atoms with Gasteiger partial charge in [0.25, 0.3) is 0 Å². The quantitative estimate of drug-likeness (QED) is 0.839. The van der Waals surface area contributed by atoms with Crippen molar-refractivity contribution in [1.82, 2.24) is 4.90 Å². The first kappa shape index (κ1) is 13.3. The second-order valence-electron chi connectivity index (χ2n) is 5.98. The molecule has 2 fully saturated rings. The fourth-order valence-corrected chi connectivity index (χ4v) is 2.92. The number of rotatable bonds is 2. The molecule has 0 aromatic heterocycles. The van der Waals surface area contributed by atoms with Gasteiger partial charge >= 0.3 is 0 Å². The van der Waals surface area contributed by atoms with Gasteiger partial charge in [0.1, 0.15) is 0 Å². The van der Waals surface area contributed by atoms with Gasteiger partial charge in [0.05, 0.1) is 0 Å². The van der Waals surface area contributed by atoms with E-state index in [9.17, 15) is 4.79 Å². The number of nitrogen functional groups attached to an aromatic ring is 1. The Morgan fingerprint density at radius 3 is 2.45 bits per heavy atom. The van der Waals surface area contributed by atoms with Crippen LogP contribution < -0.4 is 10.6 Å². The number of amides is 1. The van der Waals surface area contributed by atoms with Crippen molar-refractivity contribution in [1.29, 1.82) is 0 Å². The molecule has 108 valence electrons. The minimum Gasteiger partial charge on any atom is -0.398 e. The normalized spacial score (nSPS) is 19.9. The smallest absolute Gasteiger partial charge is 0.225 e. The number of aryl methyl sites for hydroxylation is 1. The lowest BCUT2D eigenvalue weighted by Crippen LogP contribution is -2.51. The topological polar surface area (TPSA) is 49.6 Å². The van der Waals surface area contributed by atoms with Crippen LogP contribution >= 0.6 is 0 Å². The zero-order valence-electron chi connectivity index (χ0n) is 12.1. The molecule has 0 bridgehead atoms. The number of carbonyl (C=O) groups excluding carboxylic acids is 1. The first-order chi connectivity index (χ1) is 9.65. The van der Waals surface area contributed by atoms with E-state index in [1.165, 1.54) is 12.1 Å². The van der Waals surface area contributed by atoms with E-state index in [1.807, 2.05) is 17.9 Å². The van der Waals surface area contributed by atoms with Crippen LogP contribution in [0, 0.1) is 12.8 Å². The summed E-state index contributed by atoms with van der Waals surface area (Å²) in [6.07, 6.45) is 3.40. The average molecular weight is 273 g/mol. The highest BCUT2D eigenvalue weighted by molar-refractivity contribution is 5.80. The summed E-state index contributed by atoms with van der Waals surface area (Å²) in [4.78, 5) is 16.6. The third-order valence-corrected chi connectivity index (χ3v) is 4.67. The molecule has 1 aromatic carbocycles. The average Bonchev–Trinajstić information content (AvgIpc) is 2.40. The molecule has 1 aliphatic heterocycles. The zero-order valence-corrected chi connectivity index (χ0v) is 12.1. The molecule has 20 heavy (non-hydrogen) atoms. The Morgan fingerprint density at radius 1 is 1.20 bits per heavy atom. The molecule has 3 rings (SSSR count). The van der Waals surface area contributed by atoms with Crippen LogP contribution in [0.4, 0.5) is 11.4 Å².